The van der Waals surface area contributed by atoms with E-state index in [1.165, 1.54) is 44.5 Å². The summed E-state index contributed by atoms with van der Waals surface area (Å²) in [4.78, 5) is 4.43. The van der Waals surface area contributed by atoms with Crippen molar-refractivity contribution < 1.29 is 0 Å². The van der Waals surface area contributed by atoms with Gasteiger partial charge in [0.05, 0.1) is 0 Å². The van der Waals surface area contributed by atoms with Crippen molar-refractivity contribution in [3.05, 3.63) is 153 Å². The molecular formula is C39H44Cl2N2. The van der Waals surface area contributed by atoms with E-state index in [9.17, 15) is 0 Å². The molecule has 0 aliphatic rings. The third-order valence-electron chi connectivity index (χ3n) is 7.62. The van der Waals surface area contributed by atoms with Crippen molar-refractivity contribution in [3.8, 4) is 0 Å². The van der Waals surface area contributed by atoms with E-state index in [2.05, 4.69) is 123 Å². The van der Waals surface area contributed by atoms with Crippen LogP contribution in [0.1, 0.15) is 52.6 Å². The standard InChI is InChI=1S/C39H44Cl2N2/c1-42(2)28-6-10-38(34-20-24-36(40)25-21-34)32-16-12-30(13-17-32)8-5-9-31-14-18-33(19-15-31)39(11-7-29-43(3)4)35-22-26-37(41)27-23-35/h10-27H,5-9,28-29H2,1-4H3/b38-10-,39-11+. The van der Waals surface area contributed by atoms with Gasteiger partial charge in [0.15, 0.2) is 0 Å². The van der Waals surface area contributed by atoms with Crippen molar-refractivity contribution in [2.75, 3.05) is 41.3 Å². The van der Waals surface area contributed by atoms with Crippen LogP contribution in [0.15, 0.2) is 109 Å². The number of benzene rings is 4. The summed E-state index contributed by atoms with van der Waals surface area (Å²) in [7, 11) is 8.45. The molecule has 0 spiro atoms. The average Bonchev–Trinajstić information content (AvgIpc) is 2.99. The van der Waals surface area contributed by atoms with Gasteiger partial charge in [-0.25, -0.2) is 0 Å². The third kappa shape index (κ3) is 10.5. The van der Waals surface area contributed by atoms with Gasteiger partial charge in [-0.3, -0.25) is 0 Å². The molecule has 0 aliphatic heterocycles. The zero-order chi connectivity index (χ0) is 30.6. The van der Waals surface area contributed by atoms with E-state index in [0.29, 0.717) is 0 Å². The van der Waals surface area contributed by atoms with E-state index in [1.807, 2.05) is 24.3 Å². The second-order valence-corrected chi connectivity index (χ2v) is 12.6. The summed E-state index contributed by atoms with van der Waals surface area (Å²) in [6.45, 7) is 2.04. The minimum absolute atomic E-state index is 0.764. The van der Waals surface area contributed by atoms with Crippen molar-refractivity contribution >= 4 is 34.3 Å². The highest BCUT2D eigenvalue weighted by atomic mass is 35.5. The largest absolute Gasteiger partial charge is 0.309 e. The average molecular weight is 612 g/mol. The molecule has 4 aromatic carbocycles. The number of hydrogen-bond donors (Lipinski definition) is 0. The minimum Gasteiger partial charge on any atom is -0.309 e. The van der Waals surface area contributed by atoms with Gasteiger partial charge in [0, 0.05) is 23.1 Å². The summed E-state index contributed by atoms with van der Waals surface area (Å²) in [5.74, 6) is 0. The first-order valence-corrected chi connectivity index (χ1v) is 15.9. The molecule has 0 saturated heterocycles. The van der Waals surface area contributed by atoms with E-state index in [-0.39, 0.29) is 0 Å². The Bertz CT molecular complexity index is 1350. The van der Waals surface area contributed by atoms with Gasteiger partial charge in [-0.2, -0.15) is 0 Å². The molecule has 0 unspecified atom stereocenters. The van der Waals surface area contributed by atoms with Gasteiger partial charge < -0.3 is 9.80 Å². The topological polar surface area (TPSA) is 6.48 Å². The summed E-state index contributed by atoms with van der Waals surface area (Å²) in [6, 6.07) is 34.5. The lowest BCUT2D eigenvalue weighted by Gasteiger charge is -2.13. The van der Waals surface area contributed by atoms with Crippen molar-refractivity contribution in [3.63, 3.8) is 0 Å². The molecule has 4 heteroatoms. The smallest absolute Gasteiger partial charge is 0.0406 e. The van der Waals surface area contributed by atoms with Gasteiger partial charge in [-0.05, 0) is 129 Å². The van der Waals surface area contributed by atoms with Crippen LogP contribution in [-0.4, -0.2) is 51.1 Å². The summed E-state index contributed by atoms with van der Waals surface area (Å²) in [6.07, 6.45) is 9.92. The lowest BCUT2D eigenvalue weighted by molar-refractivity contribution is 0.417. The molecule has 0 bridgehead atoms. The normalized spacial score (nSPS) is 12.4. The van der Waals surface area contributed by atoms with Crippen LogP contribution in [0.2, 0.25) is 10.0 Å². The van der Waals surface area contributed by atoms with Crippen LogP contribution >= 0.6 is 23.2 Å². The van der Waals surface area contributed by atoms with E-state index in [0.717, 1.165) is 55.2 Å². The van der Waals surface area contributed by atoms with Crippen LogP contribution in [0.4, 0.5) is 0 Å². The Kier molecular flexibility index (Phi) is 12.7. The first-order chi connectivity index (χ1) is 20.8. The number of rotatable bonds is 14. The molecule has 0 saturated carbocycles. The molecule has 0 aromatic heterocycles. The summed E-state index contributed by atoms with van der Waals surface area (Å²) in [5.41, 5.74) is 10.2. The fraction of sp³-hybridized carbons (Fsp3) is 0.282. The second-order valence-electron chi connectivity index (χ2n) is 11.7. The first kappa shape index (κ1) is 32.8. The fourth-order valence-corrected chi connectivity index (χ4v) is 5.45. The van der Waals surface area contributed by atoms with E-state index in [1.54, 1.807) is 0 Å². The predicted molar refractivity (Wildman–Crippen MR) is 188 cm³/mol. The lowest BCUT2D eigenvalue weighted by atomic mass is 9.94. The minimum atomic E-state index is 0.764. The zero-order valence-corrected chi connectivity index (χ0v) is 27.5. The van der Waals surface area contributed by atoms with E-state index >= 15 is 0 Å². The monoisotopic (exact) mass is 610 g/mol. The molecule has 4 rings (SSSR count). The van der Waals surface area contributed by atoms with Crippen molar-refractivity contribution in [1.82, 2.24) is 9.80 Å². The number of hydrogen-bond acceptors (Lipinski definition) is 2. The molecule has 0 heterocycles. The molecule has 2 nitrogen and oxygen atoms in total. The maximum absolute atomic E-state index is 6.17. The van der Waals surface area contributed by atoms with E-state index in [4.69, 9.17) is 23.2 Å². The Balaban J connectivity index is 1.39. The van der Waals surface area contributed by atoms with Gasteiger partial charge in [0.2, 0.25) is 0 Å². The van der Waals surface area contributed by atoms with E-state index < -0.39 is 0 Å². The molecular weight excluding hydrogens is 567 g/mol. The molecule has 0 radical (unpaired) electrons. The molecule has 0 fully saturated rings. The fourth-order valence-electron chi connectivity index (χ4n) is 5.20. The van der Waals surface area contributed by atoms with Crippen LogP contribution in [0.3, 0.4) is 0 Å². The quantitative estimate of drug-likeness (QED) is 0.140. The van der Waals surface area contributed by atoms with Crippen LogP contribution in [0.25, 0.3) is 11.1 Å². The van der Waals surface area contributed by atoms with Crippen LogP contribution in [0.5, 0.6) is 0 Å². The van der Waals surface area contributed by atoms with Gasteiger partial charge in [0.1, 0.15) is 0 Å². The van der Waals surface area contributed by atoms with Crippen LogP contribution in [-0.2, 0) is 12.8 Å². The SMILES string of the molecule is CN(C)CC/C=C(\c1ccc(Cl)cc1)c1ccc(CCCc2ccc(/C(=C\CCN(C)C)c3ccc(Cl)cc3)cc2)cc1. The maximum atomic E-state index is 6.17. The molecule has 43 heavy (non-hydrogen) atoms. The lowest BCUT2D eigenvalue weighted by Crippen LogP contribution is -2.12. The number of nitrogens with zero attached hydrogens (tertiary/aromatic N) is 2. The van der Waals surface area contributed by atoms with Crippen molar-refractivity contribution in [2.24, 2.45) is 0 Å². The Hall–Kier alpha value is -3.14. The summed E-state index contributed by atoms with van der Waals surface area (Å²) in [5, 5.41) is 1.53. The van der Waals surface area contributed by atoms with Crippen molar-refractivity contribution in [2.45, 2.75) is 32.1 Å². The van der Waals surface area contributed by atoms with Crippen molar-refractivity contribution in [1.29, 1.82) is 0 Å². The third-order valence-corrected chi connectivity index (χ3v) is 8.12. The summed E-state index contributed by atoms with van der Waals surface area (Å²) < 4.78 is 0. The van der Waals surface area contributed by atoms with Gasteiger partial charge >= 0.3 is 0 Å². The molecule has 0 atom stereocenters. The molecule has 0 amide bonds. The Labute approximate surface area is 269 Å². The Morgan fingerprint density at radius 3 is 1.09 bits per heavy atom. The predicted octanol–water partition coefficient (Wildman–Crippen LogP) is 9.94. The summed E-state index contributed by atoms with van der Waals surface area (Å²) >= 11 is 12.3. The maximum Gasteiger partial charge on any atom is 0.0406 e. The highest BCUT2D eigenvalue weighted by Gasteiger charge is 2.08. The van der Waals surface area contributed by atoms with Gasteiger partial charge in [0.25, 0.3) is 0 Å². The highest BCUT2D eigenvalue weighted by Crippen LogP contribution is 2.28. The molecule has 4 aromatic rings. The number of aryl methyl sites for hydroxylation is 2. The Morgan fingerprint density at radius 2 is 0.791 bits per heavy atom. The van der Waals surface area contributed by atoms with Gasteiger partial charge in [-0.15, -0.1) is 0 Å². The van der Waals surface area contributed by atoms with Crippen LogP contribution in [0, 0.1) is 0 Å². The van der Waals surface area contributed by atoms with Gasteiger partial charge in [-0.1, -0.05) is 108 Å². The molecule has 0 aliphatic carbocycles. The Morgan fingerprint density at radius 1 is 0.488 bits per heavy atom. The highest BCUT2D eigenvalue weighted by molar-refractivity contribution is 6.30. The molecule has 0 N–H and O–H groups in total. The number of halogens is 2. The van der Waals surface area contributed by atoms with Crippen LogP contribution < -0.4 is 0 Å². The second kappa shape index (κ2) is 16.6. The zero-order valence-electron chi connectivity index (χ0n) is 26.0. The first-order valence-electron chi connectivity index (χ1n) is 15.2. The molecule has 224 valence electrons.